The van der Waals surface area contributed by atoms with E-state index in [0.29, 0.717) is 13.0 Å². The third kappa shape index (κ3) is 31.3. The lowest BCUT2D eigenvalue weighted by Crippen LogP contribution is -2.03. The minimum Gasteiger partial charge on any atom is -0.461 e. The minimum absolute atomic E-state index is 0.0837. The van der Waals surface area contributed by atoms with Gasteiger partial charge in [0.1, 0.15) is 6.61 Å². The first-order valence-corrected chi connectivity index (χ1v) is 11.6. The van der Waals surface area contributed by atoms with Crippen LogP contribution in [0, 0.1) is 0 Å². The van der Waals surface area contributed by atoms with Crippen molar-refractivity contribution in [2.75, 3.05) is 6.61 Å². The summed E-state index contributed by atoms with van der Waals surface area (Å²) in [6, 6.07) is 0. The van der Waals surface area contributed by atoms with Crippen LogP contribution >= 0.6 is 0 Å². The van der Waals surface area contributed by atoms with E-state index < -0.39 is 0 Å². The summed E-state index contributed by atoms with van der Waals surface area (Å²) in [6.45, 7) is 10.6. The lowest BCUT2D eigenvalue weighted by molar-refractivity contribution is -0.142. The molecule has 0 aliphatic carbocycles. The molecule has 0 amide bonds. The molecule has 0 rings (SSSR count). The van der Waals surface area contributed by atoms with Crippen molar-refractivity contribution >= 4 is 11.9 Å². The highest BCUT2D eigenvalue weighted by Gasteiger charge is 2.00. The molecule has 0 heterocycles. The number of esters is 2. The van der Waals surface area contributed by atoms with E-state index in [1.165, 1.54) is 90.4 Å². The highest BCUT2D eigenvalue weighted by molar-refractivity contribution is 5.69. The van der Waals surface area contributed by atoms with Crippen molar-refractivity contribution in [3.8, 4) is 0 Å². The predicted molar refractivity (Wildman–Crippen MR) is 123 cm³/mol. The van der Waals surface area contributed by atoms with Crippen LogP contribution in [-0.2, 0) is 19.1 Å². The van der Waals surface area contributed by atoms with Crippen molar-refractivity contribution in [1.29, 1.82) is 0 Å². The van der Waals surface area contributed by atoms with Gasteiger partial charge in [0.15, 0.2) is 0 Å². The first-order chi connectivity index (χ1) is 14.1. The maximum atomic E-state index is 11.3. The minimum atomic E-state index is -0.329. The van der Waals surface area contributed by atoms with Crippen molar-refractivity contribution in [3.63, 3.8) is 0 Å². The molecule has 0 saturated carbocycles. The standard InChI is InChI=1S/C21H40O2.C4H6O2/c1-3-5-6-7-8-9-10-11-12-13-14-15-16-17-18-19-21(22)23-20-4-2;1-3-6-4(2)5/h4H,2-3,5-20H2,1H3;3H,1H2,2H3. The number of hydrogen-bond acceptors (Lipinski definition) is 4. The van der Waals surface area contributed by atoms with E-state index >= 15 is 0 Å². The van der Waals surface area contributed by atoms with E-state index in [-0.39, 0.29) is 11.9 Å². The van der Waals surface area contributed by atoms with Crippen molar-refractivity contribution in [3.05, 3.63) is 25.5 Å². The number of carbonyl (C=O) groups excluding carboxylic acids is 2. The summed E-state index contributed by atoms with van der Waals surface area (Å²) in [5, 5.41) is 0. The molecule has 0 aromatic heterocycles. The fourth-order valence-electron chi connectivity index (χ4n) is 2.98. The van der Waals surface area contributed by atoms with Gasteiger partial charge in [0.2, 0.25) is 0 Å². The Balaban J connectivity index is 0. The van der Waals surface area contributed by atoms with E-state index in [9.17, 15) is 9.59 Å². The Kier molecular flexibility index (Phi) is 27.0. The maximum absolute atomic E-state index is 11.3. The van der Waals surface area contributed by atoms with Crippen LogP contribution in [0.3, 0.4) is 0 Å². The summed E-state index contributed by atoms with van der Waals surface area (Å²) in [5.74, 6) is -0.412. The number of ether oxygens (including phenoxy) is 2. The third-order valence-corrected chi connectivity index (χ3v) is 4.60. The quantitative estimate of drug-likeness (QED) is 0.0948. The first kappa shape index (κ1) is 29.6. The Morgan fingerprint density at radius 3 is 1.45 bits per heavy atom. The van der Waals surface area contributed by atoms with Gasteiger partial charge in [-0.2, -0.15) is 0 Å². The third-order valence-electron chi connectivity index (χ3n) is 4.60. The monoisotopic (exact) mass is 410 g/mol. The highest BCUT2D eigenvalue weighted by atomic mass is 16.5. The van der Waals surface area contributed by atoms with E-state index in [4.69, 9.17) is 4.74 Å². The molecule has 0 aliphatic heterocycles. The summed E-state index contributed by atoms with van der Waals surface area (Å²) in [7, 11) is 0. The van der Waals surface area contributed by atoms with Crippen LogP contribution < -0.4 is 0 Å². The molecule has 170 valence electrons. The zero-order valence-corrected chi connectivity index (χ0v) is 19.2. The zero-order valence-electron chi connectivity index (χ0n) is 19.2. The molecule has 4 heteroatoms. The molecule has 29 heavy (non-hydrogen) atoms. The average Bonchev–Trinajstić information content (AvgIpc) is 2.69. The molecule has 0 atom stereocenters. The van der Waals surface area contributed by atoms with E-state index in [0.717, 1.165) is 19.1 Å². The fourth-order valence-corrected chi connectivity index (χ4v) is 2.98. The Morgan fingerprint density at radius 1 is 0.724 bits per heavy atom. The maximum Gasteiger partial charge on any atom is 0.307 e. The van der Waals surface area contributed by atoms with Crippen LogP contribution in [0.15, 0.2) is 25.5 Å². The summed E-state index contributed by atoms with van der Waals surface area (Å²) in [4.78, 5) is 21.0. The second-order valence-corrected chi connectivity index (χ2v) is 7.45. The van der Waals surface area contributed by atoms with Gasteiger partial charge >= 0.3 is 11.9 Å². The number of unbranched alkanes of at least 4 members (excludes halogenated alkanes) is 14. The van der Waals surface area contributed by atoms with Crippen LogP contribution in [0.2, 0.25) is 0 Å². The summed E-state index contributed by atoms with van der Waals surface area (Å²) >= 11 is 0. The second-order valence-electron chi connectivity index (χ2n) is 7.45. The number of hydrogen-bond donors (Lipinski definition) is 0. The fraction of sp³-hybridized carbons (Fsp3) is 0.760. The molecule has 0 aromatic rings. The van der Waals surface area contributed by atoms with Crippen molar-refractivity contribution in [2.45, 2.75) is 117 Å². The molecule has 0 radical (unpaired) electrons. The van der Waals surface area contributed by atoms with Gasteiger partial charge in [-0.1, -0.05) is 116 Å². The SMILES string of the molecule is C=CCOC(=O)CCCCCCCCCCCCCCCCC.C=COC(C)=O. The van der Waals surface area contributed by atoms with Crippen molar-refractivity contribution in [2.24, 2.45) is 0 Å². The lowest BCUT2D eigenvalue weighted by atomic mass is 10.0. The molecular weight excluding hydrogens is 364 g/mol. The molecule has 0 saturated heterocycles. The Labute approximate surface area is 180 Å². The molecule has 0 bridgehead atoms. The van der Waals surface area contributed by atoms with Crippen LogP contribution in [0.25, 0.3) is 0 Å². The lowest BCUT2D eigenvalue weighted by Gasteiger charge is -2.04. The van der Waals surface area contributed by atoms with E-state index in [2.05, 4.69) is 24.8 Å². The average molecular weight is 411 g/mol. The van der Waals surface area contributed by atoms with Gasteiger partial charge in [0.25, 0.3) is 0 Å². The first-order valence-electron chi connectivity index (χ1n) is 11.6. The molecule has 4 nitrogen and oxygen atoms in total. The normalized spacial score (nSPS) is 9.86. The van der Waals surface area contributed by atoms with Crippen molar-refractivity contribution < 1.29 is 19.1 Å². The van der Waals surface area contributed by atoms with Gasteiger partial charge in [-0.05, 0) is 6.42 Å². The Bertz CT molecular complexity index is 390. The molecule has 0 fully saturated rings. The molecular formula is C25H46O4. The summed E-state index contributed by atoms with van der Waals surface area (Å²) < 4.78 is 9.12. The largest absolute Gasteiger partial charge is 0.461 e. The summed E-state index contributed by atoms with van der Waals surface area (Å²) in [5.41, 5.74) is 0. The van der Waals surface area contributed by atoms with E-state index in [1.807, 2.05) is 0 Å². The molecule has 0 unspecified atom stereocenters. The van der Waals surface area contributed by atoms with Gasteiger partial charge in [0, 0.05) is 13.3 Å². The predicted octanol–water partition coefficient (Wildman–Crippen LogP) is 7.67. The Hall–Kier alpha value is -1.58. The molecule has 0 aromatic carbocycles. The van der Waals surface area contributed by atoms with Gasteiger partial charge in [-0.25, -0.2) is 0 Å². The second kappa shape index (κ2) is 26.4. The van der Waals surface area contributed by atoms with Gasteiger partial charge < -0.3 is 9.47 Å². The van der Waals surface area contributed by atoms with Gasteiger partial charge in [-0.15, -0.1) is 0 Å². The number of carbonyl (C=O) groups is 2. The van der Waals surface area contributed by atoms with Crippen LogP contribution in [-0.4, -0.2) is 18.5 Å². The number of rotatable bonds is 19. The van der Waals surface area contributed by atoms with Gasteiger partial charge in [0.05, 0.1) is 6.26 Å². The molecule has 0 spiro atoms. The van der Waals surface area contributed by atoms with Crippen LogP contribution in [0.1, 0.15) is 117 Å². The summed E-state index contributed by atoms with van der Waals surface area (Å²) in [6.07, 6.45) is 23.5. The van der Waals surface area contributed by atoms with Crippen molar-refractivity contribution in [1.82, 2.24) is 0 Å². The zero-order chi connectivity index (χ0) is 22.0. The van der Waals surface area contributed by atoms with E-state index in [1.54, 1.807) is 6.08 Å². The molecule has 0 N–H and O–H groups in total. The van der Waals surface area contributed by atoms with Crippen LogP contribution in [0.5, 0.6) is 0 Å². The smallest absolute Gasteiger partial charge is 0.307 e. The Morgan fingerprint density at radius 2 is 1.14 bits per heavy atom. The highest BCUT2D eigenvalue weighted by Crippen LogP contribution is 2.13. The van der Waals surface area contributed by atoms with Gasteiger partial charge in [-0.3, -0.25) is 9.59 Å². The topological polar surface area (TPSA) is 52.6 Å². The van der Waals surface area contributed by atoms with Crippen LogP contribution in [0.4, 0.5) is 0 Å². The molecule has 0 aliphatic rings.